The molecular weight excluding hydrogens is 1420 g/mol. The standard InChI is InChI=1S/C4H7F2.5Rf/c1-3(5)4(2)6;;;;;/h3H,1-2H3;;;;;/q-1;;;;;. The Hall–Kier alpha value is -5.14. The van der Waals surface area contributed by atoms with E-state index in [2.05, 4.69) is 0 Å². The maximum atomic E-state index is 11.4. The Balaban J connectivity index is -0.0000000125. The van der Waals surface area contributed by atoms with Crippen molar-refractivity contribution in [3.63, 3.8) is 0 Å². The molecule has 0 aliphatic rings. The minimum absolute atomic E-state index is 0. The van der Waals surface area contributed by atoms with Crippen LogP contribution in [0.15, 0.2) is 0 Å². The van der Waals surface area contributed by atoms with E-state index in [9.17, 15) is 8.78 Å². The molecule has 0 saturated heterocycles. The van der Waals surface area contributed by atoms with Crippen LogP contribution in [0.2, 0.25) is 0 Å². The Labute approximate surface area is 36.2 Å². The van der Waals surface area contributed by atoms with Gasteiger partial charge >= 0.3 is 0 Å². The van der Waals surface area contributed by atoms with Crippen LogP contribution in [-0.2, 0) is 0 Å². The minimum Gasteiger partial charge on any atom is -0.454 e. The summed E-state index contributed by atoms with van der Waals surface area (Å²) in [4.78, 5) is 0. The SMILES string of the molecule is C[C-](F)C(C)F.[Rf].[Rf].[Rf].[Rf].[Rf]. The molecule has 0 amide bonds. The first-order valence-corrected chi connectivity index (χ1v) is 1.77. The summed E-state index contributed by atoms with van der Waals surface area (Å²) in [6.45, 7) is 2.28. The quantitative estimate of drug-likeness (QED) is 0.353. The molecule has 0 aliphatic carbocycles. The molecule has 48 valence electrons. The number of hydrogen-bond donors (Lipinski definition) is 0. The van der Waals surface area contributed by atoms with Crippen molar-refractivity contribution in [2.75, 3.05) is 0 Å². The third kappa shape index (κ3) is 30.6. The Morgan fingerprint density at radius 3 is 1.09 bits per heavy atom. The van der Waals surface area contributed by atoms with Crippen molar-refractivity contribution in [1.29, 1.82) is 0 Å². The van der Waals surface area contributed by atoms with E-state index < -0.39 is 12.3 Å². The summed E-state index contributed by atoms with van der Waals surface area (Å²) in [5.41, 5.74) is 0. The van der Waals surface area contributed by atoms with Crippen LogP contribution < -0.4 is 0 Å². The summed E-state index contributed by atoms with van der Waals surface area (Å²) in [5.74, 6) is 0. The van der Waals surface area contributed by atoms with Crippen LogP contribution in [-0.4, -0.2) is 6.17 Å². The predicted octanol–water partition coefficient (Wildman–Crippen LogP) is 1.87. The van der Waals surface area contributed by atoms with Crippen molar-refractivity contribution in [1.82, 2.24) is 0 Å². The molecule has 0 aromatic carbocycles. The number of hydrogen-bond acceptors (Lipinski definition) is 0. The van der Waals surface area contributed by atoms with Crippen LogP contribution in [0.1, 0.15) is 13.8 Å². The summed E-state index contributed by atoms with van der Waals surface area (Å²) >= 11 is 0. The monoisotopic (exact) mass is 1430 g/mol. The van der Waals surface area contributed by atoms with Crippen LogP contribution in [0.4, 0.5) is 8.78 Å². The van der Waals surface area contributed by atoms with Crippen molar-refractivity contribution in [2.24, 2.45) is 0 Å². The van der Waals surface area contributed by atoms with Gasteiger partial charge in [0.15, 0.2) is 0 Å². The van der Waals surface area contributed by atoms with Crippen molar-refractivity contribution >= 4 is 0 Å². The second kappa shape index (κ2) is 97.9. The van der Waals surface area contributed by atoms with Gasteiger partial charge in [0, 0.05) is 6.17 Å². The van der Waals surface area contributed by atoms with Crippen molar-refractivity contribution in [3.8, 4) is 0 Å². The molecule has 0 heterocycles. The fourth-order valence-electron chi connectivity index (χ4n) is 0. The average Bonchev–Trinajstić information content (AvgIpc) is 1.36. The van der Waals surface area contributed by atoms with Gasteiger partial charge in [0.1, 0.15) is 0 Å². The summed E-state index contributed by atoms with van der Waals surface area (Å²) in [7, 11) is 0. The molecule has 7 heteroatoms. The van der Waals surface area contributed by atoms with Crippen molar-refractivity contribution in [3.05, 3.63) is 6.17 Å². The molecule has 0 saturated carbocycles. The smallest absolute Gasteiger partial charge is 0.00476 e. The van der Waals surface area contributed by atoms with E-state index >= 15 is 0 Å². The molecule has 0 fully saturated rings. The summed E-state index contributed by atoms with van der Waals surface area (Å²) in [6.07, 6.45) is -2.06. The fraction of sp³-hybridized carbons (Fsp3) is 0.750. The summed E-state index contributed by atoms with van der Waals surface area (Å²) in [6, 6.07) is 0. The first-order valence-electron chi connectivity index (χ1n) is 1.77. The molecule has 0 nitrogen and oxygen atoms in total. The second-order valence-electron chi connectivity index (χ2n) is 1.20. The molecule has 0 bridgehead atoms. The van der Waals surface area contributed by atoms with E-state index in [0.29, 0.717) is 0 Å². The molecule has 0 aliphatic heterocycles. The fourth-order valence-corrected chi connectivity index (χ4v) is 0. The summed E-state index contributed by atoms with van der Waals surface area (Å²) in [5, 5.41) is 0. The molecule has 1 unspecified atom stereocenters. The molecule has 1 atom stereocenters. The van der Waals surface area contributed by atoms with E-state index in [0.717, 1.165) is 13.8 Å². The van der Waals surface area contributed by atoms with Gasteiger partial charge in [-0.3, -0.25) is 4.39 Å². The third-order valence-electron chi connectivity index (χ3n) is 0.548. The van der Waals surface area contributed by atoms with Gasteiger partial charge in [0.25, 0.3) is 0 Å². The van der Waals surface area contributed by atoms with E-state index in [-0.39, 0.29) is 0 Å². The van der Waals surface area contributed by atoms with Crippen LogP contribution in [0.25, 0.3) is 0 Å². The third-order valence-corrected chi connectivity index (χ3v) is 0.548. The topological polar surface area (TPSA) is 0 Å². The van der Waals surface area contributed by atoms with Gasteiger partial charge in [0.05, 0.1) is 0 Å². The van der Waals surface area contributed by atoms with Gasteiger partial charge in [-0.25, -0.2) is 0 Å². The zero-order valence-corrected chi connectivity index (χ0v) is 39.4. The van der Waals surface area contributed by atoms with E-state index in [4.69, 9.17) is 0 Å². The zero-order chi connectivity index (χ0) is 5.15. The Kier molecular flexibility index (Phi) is 62900. The average molecular weight is 1430 g/mol. The Morgan fingerprint density at radius 1 is 1.00 bits per heavy atom. The molecule has 0 aromatic rings. The van der Waals surface area contributed by atoms with E-state index in [1.807, 2.05) is 0 Å². The molecule has 0 N–H and O–H groups in total. The van der Waals surface area contributed by atoms with Crippen LogP contribution >= 0.6 is 0 Å². The van der Waals surface area contributed by atoms with Gasteiger partial charge in [0.2, 0.25) is 0 Å². The van der Waals surface area contributed by atoms with Crippen LogP contribution in [0.5, 0.6) is 0 Å². The molecule has 0 rings (SSSR count). The largest absolute Gasteiger partial charge is 0.454 e. The number of halogens is 2. The van der Waals surface area contributed by atoms with Crippen molar-refractivity contribution in [2.45, 2.75) is 20.0 Å². The van der Waals surface area contributed by atoms with E-state index in [1.54, 1.807) is 0 Å². The molecular formula is C4H7F2Rf5-. The number of alkyl halides is 1. The maximum absolute atomic E-state index is 11.4. The first kappa shape index (κ1) is 7060. The van der Waals surface area contributed by atoms with E-state index in [1.165, 1.54) is 0 Å². The molecule has 0 radical (unpaired) electrons. The van der Waals surface area contributed by atoms with Gasteiger partial charge in [-0.05, 0) is 0 Å². The minimum atomic E-state index is -1.40. The molecule has 0 spiro atoms. The zero-order valence-electron chi connectivity index (χ0n) is 7.37. The summed E-state index contributed by atoms with van der Waals surface area (Å²) < 4.78 is 22.8. The van der Waals surface area contributed by atoms with Gasteiger partial charge in [-0.15, -0.1) is 6.17 Å². The predicted molar refractivity (Wildman–Crippen MR) is 20.6 cm³/mol. The maximum Gasteiger partial charge on any atom is 0.00476 e. The molecule has 11 heavy (non-hydrogen) atoms. The van der Waals surface area contributed by atoms with Gasteiger partial charge < -0.3 is 4.39 Å². The second-order valence-corrected chi connectivity index (χ2v) is 1.20. The Bertz CT molecular complexity index is 37.5. The Morgan fingerprint density at radius 2 is 1.09 bits per heavy atom. The number of rotatable bonds is 1. The molecule has 0 aromatic heterocycles. The van der Waals surface area contributed by atoms with Gasteiger partial charge in [-0.2, -0.15) is 6.92 Å². The van der Waals surface area contributed by atoms with Crippen LogP contribution in [0.3, 0.4) is 0 Å². The first-order chi connectivity index (χ1) is 2.64. The van der Waals surface area contributed by atoms with Crippen molar-refractivity contribution < 1.29 is 8.78 Å². The normalized spacial score (nSPS) is 8.45. The van der Waals surface area contributed by atoms with Gasteiger partial charge in [-0.1, -0.05) is 6.92 Å². The van der Waals surface area contributed by atoms with Crippen LogP contribution in [0, 0.1) is 6.17 Å².